The molecule has 0 spiro atoms. The van der Waals surface area contributed by atoms with Gasteiger partial charge in [0.2, 0.25) is 0 Å². The van der Waals surface area contributed by atoms with Crippen molar-refractivity contribution in [1.29, 1.82) is 0 Å². The van der Waals surface area contributed by atoms with Crippen molar-refractivity contribution in [3.8, 4) is 11.5 Å². The van der Waals surface area contributed by atoms with Gasteiger partial charge in [-0.3, -0.25) is 9.59 Å². The van der Waals surface area contributed by atoms with E-state index in [1.54, 1.807) is 61.5 Å². The number of anilines is 1. The molecule has 2 amide bonds. The number of nitrogens with zero attached hydrogens (tertiary/aromatic N) is 1. The standard InChI is InChI=1S/C26H24BrN3O5/c1-15-11-16(2)13-19(12-15)28-24(31)25(32)30-29-17(3)18-9-10-22(23(14-18)34-4)35-26(33)20-7-5-6-8-21(20)27/h5-14H,1-4H3,(H,28,31)(H,30,32). The van der Waals surface area contributed by atoms with Crippen molar-refractivity contribution in [1.82, 2.24) is 5.43 Å². The Morgan fingerprint density at radius 1 is 0.886 bits per heavy atom. The molecule has 180 valence electrons. The lowest BCUT2D eigenvalue weighted by molar-refractivity contribution is -0.136. The van der Waals surface area contributed by atoms with Crippen molar-refractivity contribution in [3.05, 3.63) is 87.4 Å². The molecule has 0 fully saturated rings. The molecule has 0 radical (unpaired) electrons. The van der Waals surface area contributed by atoms with E-state index in [1.807, 2.05) is 19.9 Å². The van der Waals surface area contributed by atoms with E-state index in [9.17, 15) is 14.4 Å². The van der Waals surface area contributed by atoms with Gasteiger partial charge >= 0.3 is 17.8 Å². The molecule has 0 saturated carbocycles. The van der Waals surface area contributed by atoms with Gasteiger partial charge in [-0.05, 0) is 90.3 Å². The third-order valence-electron chi connectivity index (χ3n) is 4.89. The van der Waals surface area contributed by atoms with Crippen LogP contribution in [0.15, 0.2) is 70.2 Å². The monoisotopic (exact) mass is 537 g/mol. The normalized spacial score (nSPS) is 10.9. The smallest absolute Gasteiger partial charge is 0.344 e. The average Bonchev–Trinajstić information content (AvgIpc) is 2.82. The molecule has 3 aromatic carbocycles. The van der Waals surface area contributed by atoms with Crippen LogP contribution in [0.2, 0.25) is 0 Å². The Bertz CT molecular complexity index is 1300. The molecule has 0 saturated heterocycles. The highest BCUT2D eigenvalue weighted by atomic mass is 79.9. The maximum atomic E-state index is 12.5. The minimum Gasteiger partial charge on any atom is -0.493 e. The van der Waals surface area contributed by atoms with Gasteiger partial charge in [-0.1, -0.05) is 18.2 Å². The quantitative estimate of drug-likeness (QED) is 0.155. The highest BCUT2D eigenvalue weighted by Crippen LogP contribution is 2.30. The molecule has 0 aliphatic rings. The summed E-state index contributed by atoms with van der Waals surface area (Å²) in [6.07, 6.45) is 0. The molecule has 35 heavy (non-hydrogen) atoms. The summed E-state index contributed by atoms with van der Waals surface area (Å²) < 4.78 is 11.5. The molecule has 3 rings (SSSR count). The molecule has 0 heterocycles. The Morgan fingerprint density at radius 3 is 2.23 bits per heavy atom. The summed E-state index contributed by atoms with van der Waals surface area (Å²) in [4.78, 5) is 36.9. The number of halogens is 1. The van der Waals surface area contributed by atoms with E-state index in [1.165, 1.54) is 7.11 Å². The Kier molecular flexibility index (Phi) is 8.38. The van der Waals surface area contributed by atoms with Crippen LogP contribution in [0.25, 0.3) is 0 Å². The third-order valence-corrected chi connectivity index (χ3v) is 5.58. The zero-order valence-corrected chi connectivity index (χ0v) is 21.2. The second kappa shape index (κ2) is 11.4. The Morgan fingerprint density at radius 2 is 1.57 bits per heavy atom. The highest BCUT2D eigenvalue weighted by molar-refractivity contribution is 9.10. The summed E-state index contributed by atoms with van der Waals surface area (Å²) in [5.74, 6) is -1.76. The van der Waals surface area contributed by atoms with Gasteiger partial charge in [0.1, 0.15) is 0 Å². The zero-order valence-electron chi connectivity index (χ0n) is 19.6. The van der Waals surface area contributed by atoms with Crippen LogP contribution in [-0.4, -0.2) is 30.6 Å². The fourth-order valence-corrected chi connectivity index (χ4v) is 3.69. The molecular weight excluding hydrogens is 514 g/mol. The van der Waals surface area contributed by atoms with E-state index >= 15 is 0 Å². The second-order valence-corrected chi connectivity index (χ2v) is 8.56. The second-order valence-electron chi connectivity index (χ2n) is 7.70. The summed E-state index contributed by atoms with van der Waals surface area (Å²) in [7, 11) is 1.44. The SMILES string of the molecule is COc1cc(C(C)=NNC(=O)C(=O)Nc2cc(C)cc(C)c2)ccc1OC(=O)c1ccccc1Br. The Balaban J connectivity index is 1.68. The molecule has 0 atom stereocenters. The van der Waals surface area contributed by atoms with Crippen LogP contribution in [0.1, 0.15) is 34.0 Å². The molecule has 0 unspecified atom stereocenters. The van der Waals surface area contributed by atoms with Crippen molar-refractivity contribution >= 4 is 45.1 Å². The minimum absolute atomic E-state index is 0.224. The number of nitrogens with one attached hydrogen (secondary N) is 2. The number of hydrogen-bond donors (Lipinski definition) is 2. The lowest BCUT2D eigenvalue weighted by Gasteiger charge is -2.12. The lowest BCUT2D eigenvalue weighted by atomic mass is 10.1. The van der Waals surface area contributed by atoms with Crippen molar-refractivity contribution in [2.45, 2.75) is 20.8 Å². The molecule has 9 heteroatoms. The van der Waals surface area contributed by atoms with Gasteiger partial charge in [0.05, 0.1) is 18.4 Å². The average molecular weight is 538 g/mol. The molecule has 8 nitrogen and oxygen atoms in total. The number of amides is 2. The van der Waals surface area contributed by atoms with Crippen molar-refractivity contribution < 1.29 is 23.9 Å². The summed E-state index contributed by atoms with van der Waals surface area (Å²) in [5, 5.41) is 6.56. The molecule has 0 aromatic heterocycles. The number of ether oxygens (including phenoxy) is 2. The molecule has 0 aliphatic heterocycles. The van der Waals surface area contributed by atoms with Crippen LogP contribution < -0.4 is 20.2 Å². The van der Waals surface area contributed by atoms with E-state index in [4.69, 9.17) is 9.47 Å². The van der Waals surface area contributed by atoms with E-state index in [2.05, 4.69) is 31.8 Å². The third kappa shape index (κ3) is 6.77. The van der Waals surface area contributed by atoms with Gasteiger partial charge in [0.25, 0.3) is 0 Å². The van der Waals surface area contributed by atoms with E-state index in [0.29, 0.717) is 32.7 Å². The van der Waals surface area contributed by atoms with Crippen molar-refractivity contribution in [2.24, 2.45) is 5.10 Å². The number of benzene rings is 3. The summed E-state index contributed by atoms with van der Waals surface area (Å²) >= 11 is 3.33. The van der Waals surface area contributed by atoms with Crippen LogP contribution >= 0.6 is 15.9 Å². The molecule has 2 N–H and O–H groups in total. The molecule has 0 aliphatic carbocycles. The Hall–Kier alpha value is -3.98. The molecule has 0 bridgehead atoms. The number of rotatable bonds is 6. The van der Waals surface area contributed by atoms with Crippen molar-refractivity contribution in [2.75, 3.05) is 12.4 Å². The van der Waals surface area contributed by atoms with Crippen LogP contribution in [0.4, 0.5) is 5.69 Å². The summed E-state index contributed by atoms with van der Waals surface area (Å²) in [5.41, 5.74) is 6.09. The van der Waals surface area contributed by atoms with Crippen molar-refractivity contribution in [3.63, 3.8) is 0 Å². The van der Waals surface area contributed by atoms with Gasteiger partial charge in [-0.25, -0.2) is 10.2 Å². The number of hydrogen-bond acceptors (Lipinski definition) is 6. The number of carbonyl (C=O) groups is 3. The van der Waals surface area contributed by atoms with Crippen LogP contribution in [0.3, 0.4) is 0 Å². The van der Waals surface area contributed by atoms with Gasteiger partial charge < -0.3 is 14.8 Å². The van der Waals surface area contributed by atoms with Crippen LogP contribution in [0.5, 0.6) is 11.5 Å². The highest BCUT2D eigenvalue weighted by Gasteiger charge is 2.17. The number of carbonyl (C=O) groups excluding carboxylic acids is 3. The van der Waals surface area contributed by atoms with Crippen LogP contribution in [-0.2, 0) is 9.59 Å². The lowest BCUT2D eigenvalue weighted by Crippen LogP contribution is -2.33. The maximum absolute atomic E-state index is 12.5. The van der Waals surface area contributed by atoms with E-state index in [-0.39, 0.29) is 5.75 Å². The number of aryl methyl sites for hydroxylation is 2. The van der Waals surface area contributed by atoms with Gasteiger partial charge in [-0.15, -0.1) is 0 Å². The predicted octanol–water partition coefficient (Wildman–Crippen LogP) is 4.77. The number of esters is 1. The van der Waals surface area contributed by atoms with Gasteiger partial charge in [0, 0.05) is 15.7 Å². The number of methoxy groups -OCH3 is 1. The first-order valence-corrected chi connectivity index (χ1v) is 11.4. The first-order valence-electron chi connectivity index (χ1n) is 10.6. The number of hydrazone groups is 1. The Labute approximate surface area is 211 Å². The zero-order chi connectivity index (χ0) is 25.5. The maximum Gasteiger partial charge on any atom is 0.344 e. The van der Waals surface area contributed by atoms with Crippen LogP contribution in [0, 0.1) is 13.8 Å². The largest absolute Gasteiger partial charge is 0.493 e. The molecule has 3 aromatic rings. The fraction of sp³-hybridized carbons (Fsp3) is 0.154. The van der Waals surface area contributed by atoms with Gasteiger partial charge in [-0.2, -0.15) is 5.10 Å². The van der Waals surface area contributed by atoms with E-state index in [0.717, 1.165) is 11.1 Å². The fourth-order valence-electron chi connectivity index (χ4n) is 3.24. The van der Waals surface area contributed by atoms with E-state index < -0.39 is 17.8 Å². The summed E-state index contributed by atoms with van der Waals surface area (Å²) in [6, 6.07) is 17.3. The predicted molar refractivity (Wildman–Crippen MR) is 137 cm³/mol. The minimum atomic E-state index is -0.908. The first kappa shape index (κ1) is 25.6. The first-order chi connectivity index (χ1) is 16.7. The van der Waals surface area contributed by atoms with Gasteiger partial charge in [0.15, 0.2) is 11.5 Å². The molecular formula is C26H24BrN3O5. The summed E-state index contributed by atoms with van der Waals surface area (Å²) in [6.45, 7) is 5.46. The topological polar surface area (TPSA) is 106 Å².